The Balaban J connectivity index is 2.49. The zero-order valence-electron chi connectivity index (χ0n) is 12.3. The van der Waals surface area contributed by atoms with Gasteiger partial charge < -0.3 is 5.32 Å². The number of rotatable bonds is 4. The van der Waals surface area contributed by atoms with Gasteiger partial charge in [0.25, 0.3) is 11.9 Å². The predicted octanol–water partition coefficient (Wildman–Crippen LogP) is 4.15. The molecule has 2 heterocycles. The van der Waals surface area contributed by atoms with Gasteiger partial charge in [-0.15, -0.1) is 0 Å². The molecule has 2 aromatic heterocycles. The van der Waals surface area contributed by atoms with Crippen LogP contribution < -0.4 is 5.32 Å². The summed E-state index contributed by atoms with van der Waals surface area (Å²) in [5.41, 5.74) is 0.465. The molecule has 1 atom stereocenters. The van der Waals surface area contributed by atoms with E-state index in [2.05, 4.69) is 15.3 Å². The van der Waals surface area contributed by atoms with E-state index in [1.54, 1.807) is 39.1 Å². The maximum absolute atomic E-state index is 13.8. The third kappa shape index (κ3) is 3.03. The van der Waals surface area contributed by atoms with Gasteiger partial charge in [0.1, 0.15) is 5.69 Å². The van der Waals surface area contributed by atoms with E-state index in [9.17, 15) is 17.6 Å². The molecule has 0 aliphatic heterocycles. The van der Waals surface area contributed by atoms with Crippen molar-refractivity contribution < 1.29 is 17.6 Å². The van der Waals surface area contributed by atoms with Crippen molar-refractivity contribution in [3.05, 3.63) is 53.1 Å². The zero-order chi connectivity index (χ0) is 16.4. The summed E-state index contributed by atoms with van der Waals surface area (Å²) in [6.07, 6.45) is 1.54. The summed E-state index contributed by atoms with van der Waals surface area (Å²) in [6, 6.07) is 2.90. The summed E-state index contributed by atoms with van der Waals surface area (Å²) < 4.78 is 53.9. The van der Waals surface area contributed by atoms with Gasteiger partial charge in [0.2, 0.25) is 11.6 Å². The standard InChI is InChI=1S/C15H15F4N3/c1-7(2)11(12-8(3)5-4-6-20-12)21-13-9(16)14(18)22-15(19)10(13)17/h4-7,11H,1-3H3,(H,21,22). The molecule has 0 aliphatic rings. The topological polar surface area (TPSA) is 37.8 Å². The van der Waals surface area contributed by atoms with Crippen molar-refractivity contribution in [3.63, 3.8) is 0 Å². The fourth-order valence-electron chi connectivity index (χ4n) is 2.14. The molecular weight excluding hydrogens is 298 g/mol. The molecule has 0 radical (unpaired) electrons. The number of pyridine rings is 2. The summed E-state index contributed by atoms with van der Waals surface area (Å²) in [4.78, 5) is 6.73. The van der Waals surface area contributed by atoms with E-state index in [0.717, 1.165) is 5.56 Å². The van der Waals surface area contributed by atoms with Crippen LogP contribution in [0.5, 0.6) is 0 Å². The van der Waals surface area contributed by atoms with Crippen LogP contribution in [-0.2, 0) is 0 Å². The van der Waals surface area contributed by atoms with E-state index in [1.807, 2.05) is 0 Å². The van der Waals surface area contributed by atoms with Gasteiger partial charge in [0, 0.05) is 6.20 Å². The lowest BCUT2D eigenvalue weighted by molar-refractivity contribution is 0.406. The lowest BCUT2D eigenvalue weighted by atomic mass is 9.97. The monoisotopic (exact) mass is 313 g/mol. The van der Waals surface area contributed by atoms with Crippen molar-refractivity contribution >= 4 is 5.69 Å². The number of anilines is 1. The van der Waals surface area contributed by atoms with Gasteiger partial charge in [0.15, 0.2) is 0 Å². The average molecular weight is 313 g/mol. The minimum atomic E-state index is -1.69. The maximum atomic E-state index is 13.8. The van der Waals surface area contributed by atoms with E-state index in [4.69, 9.17) is 0 Å². The highest BCUT2D eigenvalue weighted by Crippen LogP contribution is 2.31. The van der Waals surface area contributed by atoms with Crippen LogP contribution in [0.4, 0.5) is 23.2 Å². The minimum Gasteiger partial charge on any atom is -0.371 e. The van der Waals surface area contributed by atoms with Crippen LogP contribution in [0.15, 0.2) is 18.3 Å². The molecule has 3 nitrogen and oxygen atoms in total. The Morgan fingerprint density at radius 2 is 1.64 bits per heavy atom. The van der Waals surface area contributed by atoms with Crippen molar-refractivity contribution in [2.24, 2.45) is 5.92 Å². The van der Waals surface area contributed by atoms with Crippen molar-refractivity contribution in [1.82, 2.24) is 9.97 Å². The van der Waals surface area contributed by atoms with E-state index in [0.29, 0.717) is 5.69 Å². The van der Waals surface area contributed by atoms with Gasteiger partial charge in [-0.1, -0.05) is 19.9 Å². The second kappa shape index (κ2) is 6.29. The van der Waals surface area contributed by atoms with E-state index >= 15 is 0 Å². The van der Waals surface area contributed by atoms with E-state index in [1.165, 1.54) is 0 Å². The molecule has 22 heavy (non-hydrogen) atoms. The number of hydrogen-bond acceptors (Lipinski definition) is 3. The highest BCUT2D eigenvalue weighted by molar-refractivity contribution is 5.47. The van der Waals surface area contributed by atoms with E-state index in [-0.39, 0.29) is 5.92 Å². The minimum absolute atomic E-state index is 0.133. The Labute approximate surface area is 125 Å². The smallest absolute Gasteiger partial charge is 0.253 e. The Morgan fingerprint density at radius 3 is 2.14 bits per heavy atom. The molecule has 0 fully saturated rings. The molecule has 0 saturated heterocycles. The zero-order valence-corrected chi connectivity index (χ0v) is 12.3. The van der Waals surface area contributed by atoms with Gasteiger partial charge in [-0.05, 0) is 24.5 Å². The lowest BCUT2D eigenvalue weighted by Gasteiger charge is -2.25. The molecular formula is C15H15F4N3. The van der Waals surface area contributed by atoms with Crippen LogP contribution in [-0.4, -0.2) is 9.97 Å². The first-order valence-corrected chi connectivity index (χ1v) is 6.71. The van der Waals surface area contributed by atoms with Crippen LogP contribution in [0.25, 0.3) is 0 Å². The van der Waals surface area contributed by atoms with Crippen molar-refractivity contribution in [3.8, 4) is 0 Å². The van der Waals surface area contributed by atoms with Gasteiger partial charge in [-0.25, -0.2) is 0 Å². The van der Waals surface area contributed by atoms with Crippen LogP contribution in [0.1, 0.15) is 31.1 Å². The summed E-state index contributed by atoms with van der Waals surface area (Å²) >= 11 is 0. The second-order valence-electron chi connectivity index (χ2n) is 5.27. The number of nitrogens with zero attached hydrogens (tertiary/aromatic N) is 2. The Kier molecular flexibility index (Phi) is 4.63. The summed E-state index contributed by atoms with van der Waals surface area (Å²) in [5, 5.41) is 2.52. The molecule has 0 spiro atoms. The van der Waals surface area contributed by atoms with E-state index < -0.39 is 35.3 Å². The summed E-state index contributed by atoms with van der Waals surface area (Å²) in [7, 11) is 0. The maximum Gasteiger partial charge on any atom is 0.253 e. The number of hydrogen-bond donors (Lipinski definition) is 1. The molecule has 118 valence electrons. The first-order valence-electron chi connectivity index (χ1n) is 6.71. The van der Waals surface area contributed by atoms with Gasteiger partial charge in [-0.3, -0.25) is 4.98 Å². The van der Waals surface area contributed by atoms with Crippen LogP contribution in [0, 0.1) is 36.4 Å². The molecule has 1 unspecified atom stereocenters. The molecule has 7 heteroatoms. The summed E-state index contributed by atoms with van der Waals surface area (Å²) in [6.45, 7) is 5.39. The Bertz CT molecular complexity index is 662. The van der Waals surface area contributed by atoms with Crippen LogP contribution in [0.3, 0.4) is 0 Å². The van der Waals surface area contributed by atoms with Gasteiger partial charge in [-0.2, -0.15) is 22.5 Å². The number of aryl methyl sites for hydroxylation is 1. The van der Waals surface area contributed by atoms with Crippen molar-refractivity contribution in [2.75, 3.05) is 5.32 Å². The first kappa shape index (κ1) is 16.2. The molecule has 0 aromatic carbocycles. The molecule has 1 N–H and O–H groups in total. The molecule has 0 saturated carbocycles. The highest BCUT2D eigenvalue weighted by Gasteiger charge is 2.26. The van der Waals surface area contributed by atoms with Crippen molar-refractivity contribution in [1.29, 1.82) is 0 Å². The summed E-state index contributed by atoms with van der Waals surface area (Å²) in [5.74, 6) is -6.63. The van der Waals surface area contributed by atoms with Gasteiger partial charge >= 0.3 is 0 Å². The fourth-order valence-corrected chi connectivity index (χ4v) is 2.14. The number of nitrogens with one attached hydrogen (secondary N) is 1. The SMILES string of the molecule is Cc1cccnc1C(Nc1c(F)c(F)nc(F)c1F)C(C)C. The van der Waals surface area contributed by atoms with Crippen molar-refractivity contribution in [2.45, 2.75) is 26.8 Å². The van der Waals surface area contributed by atoms with Gasteiger partial charge in [0.05, 0.1) is 11.7 Å². The first-order chi connectivity index (χ1) is 10.3. The highest BCUT2D eigenvalue weighted by atomic mass is 19.2. The van der Waals surface area contributed by atoms with Crippen LogP contribution >= 0.6 is 0 Å². The number of aromatic nitrogens is 2. The second-order valence-corrected chi connectivity index (χ2v) is 5.27. The normalized spacial score (nSPS) is 12.5. The molecule has 0 aliphatic carbocycles. The third-order valence-electron chi connectivity index (χ3n) is 3.31. The average Bonchev–Trinajstić information content (AvgIpc) is 2.46. The Morgan fingerprint density at radius 1 is 1.05 bits per heavy atom. The quantitative estimate of drug-likeness (QED) is 0.680. The molecule has 2 aromatic rings. The lowest BCUT2D eigenvalue weighted by Crippen LogP contribution is -2.21. The Hall–Kier alpha value is -2.18. The molecule has 0 amide bonds. The molecule has 0 bridgehead atoms. The largest absolute Gasteiger partial charge is 0.371 e. The third-order valence-corrected chi connectivity index (χ3v) is 3.31. The predicted molar refractivity (Wildman–Crippen MR) is 74.2 cm³/mol. The molecule has 2 rings (SSSR count). The number of halogens is 4. The van der Waals surface area contributed by atoms with Crippen LogP contribution in [0.2, 0.25) is 0 Å². The fraction of sp³-hybridized carbons (Fsp3) is 0.333.